The van der Waals surface area contributed by atoms with Gasteiger partial charge in [0.05, 0.1) is 11.0 Å². The van der Waals surface area contributed by atoms with E-state index < -0.39 is 16.1 Å². The van der Waals surface area contributed by atoms with E-state index in [1.165, 1.54) is 4.31 Å². The highest BCUT2D eigenvalue weighted by atomic mass is 32.2. The zero-order valence-electron chi connectivity index (χ0n) is 14.0. The van der Waals surface area contributed by atoms with Gasteiger partial charge in [0.1, 0.15) is 0 Å². The van der Waals surface area contributed by atoms with Crippen molar-refractivity contribution in [1.29, 1.82) is 0 Å². The summed E-state index contributed by atoms with van der Waals surface area (Å²) in [4.78, 5) is 11.9. The molecule has 0 amide bonds. The first kappa shape index (κ1) is 18.8. The van der Waals surface area contributed by atoms with Crippen molar-refractivity contribution < 1.29 is 18.3 Å². The van der Waals surface area contributed by atoms with Crippen LogP contribution < -0.4 is 5.32 Å². The van der Waals surface area contributed by atoms with Crippen LogP contribution in [0.3, 0.4) is 0 Å². The molecule has 0 aliphatic heterocycles. The third-order valence-electron chi connectivity index (χ3n) is 4.01. The second-order valence-electron chi connectivity index (χ2n) is 5.87. The van der Waals surface area contributed by atoms with E-state index in [2.05, 4.69) is 5.32 Å². The molecule has 1 aromatic carbocycles. The number of hydrogen-bond donors (Lipinski definition) is 2. The third kappa shape index (κ3) is 4.51. The average molecular weight is 352 g/mol. The van der Waals surface area contributed by atoms with Gasteiger partial charge < -0.3 is 10.4 Å². The second-order valence-corrected chi connectivity index (χ2v) is 7.81. The highest BCUT2D eigenvalue weighted by Gasteiger charge is 2.23. The summed E-state index contributed by atoms with van der Waals surface area (Å²) >= 11 is 0. The van der Waals surface area contributed by atoms with Gasteiger partial charge in [0, 0.05) is 38.2 Å². The zero-order chi connectivity index (χ0) is 17.7. The van der Waals surface area contributed by atoms with Crippen LogP contribution in [0, 0.1) is 6.92 Å². The maximum absolute atomic E-state index is 12.6. The lowest BCUT2D eigenvalue weighted by Gasteiger charge is -2.21. The standard InChI is InChI=1S/C17H24N2O4S/c1-3-19(24(22,23)16-6-4-13(2)5-7-16)9-8-18-12-14-10-15(20)11-17(14)21/h4-7,10,15,18,20H,3,8-9,11-12H2,1-2H3/t15-/m0/s1. The normalized spacial score (nSPS) is 18.2. The van der Waals surface area contributed by atoms with E-state index in [4.69, 9.17) is 0 Å². The Bertz CT molecular complexity index is 711. The molecule has 0 saturated heterocycles. The van der Waals surface area contributed by atoms with Gasteiger partial charge in [0.25, 0.3) is 0 Å². The molecule has 24 heavy (non-hydrogen) atoms. The van der Waals surface area contributed by atoms with Crippen molar-refractivity contribution >= 4 is 15.8 Å². The number of Topliss-reactive ketones (excluding diaryl/α,β-unsaturated/α-hetero) is 1. The first-order valence-corrected chi connectivity index (χ1v) is 9.48. The highest BCUT2D eigenvalue weighted by Crippen LogP contribution is 2.16. The number of carbonyl (C=O) groups is 1. The molecule has 1 aliphatic rings. The van der Waals surface area contributed by atoms with Gasteiger partial charge in [0.2, 0.25) is 10.0 Å². The zero-order valence-corrected chi connectivity index (χ0v) is 14.8. The van der Waals surface area contributed by atoms with Crippen LogP contribution in [0.2, 0.25) is 0 Å². The molecule has 7 heteroatoms. The van der Waals surface area contributed by atoms with Gasteiger partial charge in [-0.15, -0.1) is 0 Å². The van der Waals surface area contributed by atoms with Crippen molar-refractivity contribution in [3.05, 3.63) is 41.5 Å². The van der Waals surface area contributed by atoms with Crippen LogP contribution in [0.15, 0.2) is 40.8 Å². The number of ketones is 1. The number of aliphatic hydroxyl groups excluding tert-OH is 1. The fourth-order valence-corrected chi connectivity index (χ4v) is 4.05. The summed E-state index contributed by atoms with van der Waals surface area (Å²) in [5.74, 6) is -0.0605. The van der Waals surface area contributed by atoms with E-state index in [1.807, 2.05) is 6.92 Å². The number of benzene rings is 1. The summed E-state index contributed by atoms with van der Waals surface area (Å²) in [5.41, 5.74) is 1.57. The molecule has 0 heterocycles. The van der Waals surface area contributed by atoms with Crippen LogP contribution in [0.4, 0.5) is 0 Å². The first-order valence-electron chi connectivity index (χ1n) is 8.04. The number of hydrogen-bond acceptors (Lipinski definition) is 5. The molecule has 1 atom stereocenters. The fraction of sp³-hybridized carbons (Fsp3) is 0.471. The Hall–Kier alpha value is -1.54. The lowest BCUT2D eigenvalue weighted by Crippen LogP contribution is -2.37. The number of carbonyl (C=O) groups excluding carboxylic acids is 1. The van der Waals surface area contributed by atoms with Gasteiger partial charge in [-0.2, -0.15) is 4.31 Å². The Balaban J connectivity index is 1.91. The molecule has 0 aromatic heterocycles. The number of aliphatic hydroxyl groups is 1. The van der Waals surface area contributed by atoms with Crippen molar-refractivity contribution in [1.82, 2.24) is 9.62 Å². The predicted octanol–water partition coefficient (Wildman–Crippen LogP) is 0.855. The molecule has 0 radical (unpaired) electrons. The van der Waals surface area contributed by atoms with Gasteiger partial charge in [-0.3, -0.25) is 4.79 Å². The van der Waals surface area contributed by atoms with Crippen LogP contribution in [-0.4, -0.2) is 55.9 Å². The van der Waals surface area contributed by atoms with Gasteiger partial charge in [-0.25, -0.2) is 8.42 Å². The molecule has 1 aromatic rings. The highest BCUT2D eigenvalue weighted by molar-refractivity contribution is 7.89. The maximum Gasteiger partial charge on any atom is 0.243 e. The van der Waals surface area contributed by atoms with Crippen LogP contribution in [-0.2, 0) is 14.8 Å². The minimum absolute atomic E-state index is 0.0605. The fourth-order valence-electron chi connectivity index (χ4n) is 2.60. The lowest BCUT2D eigenvalue weighted by molar-refractivity contribution is -0.115. The maximum atomic E-state index is 12.6. The second kappa shape index (κ2) is 8.02. The van der Waals surface area contributed by atoms with Crippen molar-refractivity contribution in [3.63, 3.8) is 0 Å². The molecule has 2 N–H and O–H groups in total. The first-order chi connectivity index (χ1) is 11.3. The number of rotatable bonds is 8. The molecule has 0 bridgehead atoms. The number of aryl methyl sites for hydroxylation is 1. The summed E-state index contributed by atoms with van der Waals surface area (Å²) in [6.45, 7) is 5.17. The Labute approximate surface area is 143 Å². The van der Waals surface area contributed by atoms with Crippen LogP contribution in [0.25, 0.3) is 0 Å². The van der Waals surface area contributed by atoms with E-state index in [0.29, 0.717) is 31.8 Å². The Morgan fingerprint density at radius 3 is 2.50 bits per heavy atom. The molecule has 2 rings (SSSR count). The minimum Gasteiger partial charge on any atom is -0.389 e. The van der Waals surface area contributed by atoms with E-state index in [9.17, 15) is 18.3 Å². The lowest BCUT2D eigenvalue weighted by atomic mass is 10.2. The molecule has 0 fully saturated rings. The molecule has 132 valence electrons. The quantitative estimate of drug-likeness (QED) is 0.678. The number of nitrogens with one attached hydrogen (secondary N) is 1. The smallest absolute Gasteiger partial charge is 0.243 e. The third-order valence-corrected chi connectivity index (χ3v) is 6.00. The van der Waals surface area contributed by atoms with Gasteiger partial charge in [-0.1, -0.05) is 24.6 Å². The molecule has 6 nitrogen and oxygen atoms in total. The number of sulfonamides is 1. The van der Waals surface area contributed by atoms with Crippen LogP contribution >= 0.6 is 0 Å². The topological polar surface area (TPSA) is 86.7 Å². The Morgan fingerprint density at radius 2 is 1.96 bits per heavy atom. The van der Waals surface area contributed by atoms with Gasteiger partial charge in [0.15, 0.2) is 5.78 Å². The van der Waals surface area contributed by atoms with Crippen LogP contribution in [0.1, 0.15) is 18.9 Å². The van der Waals surface area contributed by atoms with E-state index >= 15 is 0 Å². The Morgan fingerprint density at radius 1 is 1.29 bits per heavy atom. The van der Waals surface area contributed by atoms with E-state index in [0.717, 1.165) is 5.56 Å². The average Bonchev–Trinajstić information content (AvgIpc) is 2.85. The largest absolute Gasteiger partial charge is 0.389 e. The molecule has 0 unspecified atom stereocenters. The van der Waals surface area contributed by atoms with Gasteiger partial charge in [-0.05, 0) is 25.1 Å². The molecule has 0 saturated carbocycles. The predicted molar refractivity (Wildman–Crippen MR) is 92.2 cm³/mol. The van der Waals surface area contributed by atoms with Crippen molar-refractivity contribution in [2.24, 2.45) is 0 Å². The van der Waals surface area contributed by atoms with Crippen molar-refractivity contribution in [2.75, 3.05) is 26.2 Å². The monoisotopic (exact) mass is 352 g/mol. The SMILES string of the molecule is CCN(CCNCC1=C[C@H](O)CC1=O)S(=O)(=O)c1ccc(C)cc1. The number of likely N-dealkylation sites (N-methyl/N-ethyl adjacent to an activating group) is 1. The van der Waals surface area contributed by atoms with Gasteiger partial charge >= 0.3 is 0 Å². The minimum atomic E-state index is -3.52. The van der Waals surface area contributed by atoms with E-state index in [-0.39, 0.29) is 17.1 Å². The summed E-state index contributed by atoms with van der Waals surface area (Å²) < 4.78 is 26.6. The summed E-state index contributed by atoms with van der Waals surface area (Å²) in [7, 11) is -3.52. The van der Waals surface area contributed by atoms with Crippen molar-refractivity contribution in [3.8, 4) is 0 Å². The van der Waals surface area contributed by atoms with E-state index in [1.54, 1.807) is 37.3 Å². The molecular weight excluding hydrogens is 328 g/mol. The number of nitrogens with zero attached hydrogens (tertiary/aromatic N) is 1. The Kier molecular flexibility index (Phi) is 6.28. The summed E-state index contributed by atoms with van der Waals surface area (Å²) in [6.07, 6.45) is 0.999. The molecule has 0 spiro atoms. The van der Waals surface area contributed by atoms with Crippen LogP contribution in [0.5, 0.6) is 0 Å². The van der Waals surface area contributed by atoms with Crippen molar-refractivity contribution in [2.45, 2.75) is 31.3 Å². The molecular formula is C17H24N2O4S. The summed E-state index contributed by atoms with van der Waals surface area (Å²) in [5, 5.41) is 12.5. The summed E-state index contributed by atoms with van der Waals surface area (Å²) in [6, 6.07) is 6.79. The molecule has 1 aliphatic carbocycles.